The SMILES string of the molecule is CCOc1ccc(S(=O)(=O)N(C)[C@@H]2CNC[C@H]2O)cc1C. The summed E-state index contributed by atoms with van der Waals surface area (Å²) in [7, 11) is -2.13. The molecule has 7 heteroatoms. The summed E-state index contributed by atoms with van der Waals surface area (Å²) in [5.41, 5.74) is 0.774. The molecule has 0 aromatic heterocycles. The number of aliphatic hydroxyl groups is 1. The maximum atomic E-state index is 12.6. The molecule has 0 amide bonds. The van der Waals surface area contributed by atoms with Crippen LogP contribution in [0.4, 0.5) is 0 Å². The summed E-state index contributed by atoms with van der Waals surface area (Å²) in [5.74, 6) is 0.682. The van der Waals surface area contributed by atoms with Crippen molar-refractivity contribution in [2.24, 2.45) is 0 Å². The van der Waals surface area contributed by atoms with Gasteiger partial charge in [0.05, 0.1) is 23.6 Å². The van der Waals surface area contributed by atoms with Gasteiger partial charge in [-0.2, -0.15) is 4.31 Å². The number of aryl methyl sites for hydroxylation is 1. The van der Waals surface area contributed by atoms with E-state index in [1.807, 2.05) is 13.8 Å². The fourth-order valence-corrected chi connectivity index (χ4v) is 3.94. The van der Waals surface area contributed by atoms with Crippen LogP contribution in [0.25, 0.3) is 0 Å². The summed E-state index contributed by atoms with van der Waals surface area (Å²) in [6.07, 6.45) is -0.687. The van der Waals surface area contributed by atoms with E-state index in [0.29, 0.717) is 25.4 Å². The molecule has 0 bridgehead atoms. The molecule has 1 saturated heterocycles. The summed E-state index contributed by atoms with van der Waals surface area (Å²) in [5, 5.41) is 12.8. The standard InChI is InChI=1S/C14H22N2O4S/c1-4-20-14-6-5-11(7-10(14)2)21(18,19)16(3)12-8-15-9-13(12)17/h5-7,12-13,15,17H,4,8-9H2,1-3H3/t12-,13-/m1/s1. The van der Waals surface area contributed by atoms with Crippen molar-refractivity contribution < 1.29 is 18.3 Å². The molecule has 1 aliphatic rings. The first kappa shape index (κ1) is 16.2. The molecule has 1 fully saturated rings. The summed E-state index contributed by atoms with van der Waals surface area (Å²) in [6, 6.07) is 4.37. The average Bonchev–Trinajstić information content (AvgIpc) is 2.86. The molecule has 1 heterocycles. The Labute approximate surface area is 125 Å². The van der Waals surface area contributed by atoms with Gasteiger partial charge in [-0.15, -0.1) is 0 Å². The van der Waals surface area contributed by atoms with Crippen LogP contribution in [0, 0.1) is 6.92 Å². The molecule has 1 aromatic rings. The molecule has 6 nitrogen and oxygen atoms in total. The number of benzene rings is 1. The predicted octanol–water partition coefficient (Wildman–Crippen LogP) is 0.347. The third-order valence-electron chi connectivity index (χ3n) is 3.74. The van der Waals surface area contributed by atoms with Crippen molar-refractivity contribution in [1.82, 2.24) is 9.62 Å². The molecule has 0 aliphatic carbocycles. The molecular weight excluding hydrogens is 292 g/mol. The zero-order valence-electron chi connectivity index (χ0n) is 12.5. The molecule has 21 heavy (non-hydrogen) atoms. The number of β-amino-alcohol motifs (C(OH)–C–C–N with tert-alkyl or cyclic N) is 1. The van der Waals surface area contributed by atoms with Gasteiger partial charge in [0.2, 0.25) is 10.0 Å². The third kappa shape index (κ3) is 3.21. The van der Waals surface area contributed by atoms with E-state index in [4.69, 9.17) is 4.74 Å². The van der Waals surface area contributed by atoms with Gasteiger partial charge in [-0.1, -0.05) is 0 Å². The zero-order chi connectivity index (χ0) is 15.6. The van der Waals surface area contributed by atoms with Gasteiger partial charge in [0, 0.05) is 20.1 Å². The van der Waals surface area contributed by atoms with Crippen LogP contribution in [0.3, 0.4) is 0 Å². The molecule has 2 rings (SSSR count). The summed E-state index contributed by atoms with van der Waals surface area (Å²) < 4.78 is 31.9. The molecular formula is C14H22N2O4S. The maximum Gasteiger partial charge on any atom is 0.243 e. The quantitative estimate of drug-likeness (QED) is 0.820. The lowest BCUT2D eigenvalue weighted by atomic mass is 10.2. The second-order valence-corrected chi connectivity index (χ2v) is 7.17. The molecule has 0 saturated carbocycles. The minimum Gasteiger partial charge on any atom is -0.494 e. The number of likely N-dealkylation sites (N-methyl/N-ethyl adjacent to an activating group) is 1. The van der Waals surface area contributed by atoms with E-state index in [9.17, 15) is 13.5 Å². The fraction of sp³-hybridized carbons (Fsp3) is 0.571. The summed E-state index contributed by atoms with van der Waals surface area (Å²) in [4.78, 5) is 0.213. The Morgan fingerprint density at radius 2 is 2.14 bits per heavy atom. The number of nitrogens with zero attached hydrogens (tertiary/aromatic N) is 1. The molecule has 0 unspecified atom stereocenters. The van der Waals surface area contributed by atoms with Gasteiger partial charge in [0.25, 0.3) is 0 Å². The van der Waals surface area contributed by atoms with Gasteiger partial charge in [-0.25, -0.2) is 8.42 Å². The van der Waals surface area contributed by atoms with E-state index >= 15 is 0 Å². The van der Waals surface area contributed by atoms with E-state index in [-0.39, 0.29) is 4.90 Å². The van der Waals surface area contributed by atoms with Gasteiger partial charge >= 0.3 is 0 Å². The van der Waals surface area contributed by atoms with Gasteiger partial charge in [0.1, 0.15) is 5.75 Å². The molecule has 1 aliphatic heterocycles. The highest BCUT2D eigenvalue weighted by molar-refractivity contribution is 7.89. The number of nitrogens with one attached hydrogen (secondary N) is 1. The Balaban J connectivity index is 2.28. The van der Waals surface area contributed by atoms with Gasteiger partial charge in [-0.3, -0.25) is 0 Å². The first-order chi connectivity index (χ1) is 9.87. The Morgan fingerprint density at radius 3 is 2.67 bits per heavy atom. The van der Waals surface area contributed by atoms with Crippen LogP contribution in [0.1, 0.15) is 12.5 Å². The Bertz CT molecular complexity index is 603. The topological polar surface area (TPSA) is 78.9 Å². The summed E-state index contributed by atoms with van der Waals surface area (Å²) in [6.45, 7) is 5.09. The lowest BCUT2D eigenvalue weighted by molar-refractivity contribution is 0.136. The van der Waals surface area contributed by atoms with E-state index in [1.165, 1.54) is 11.4 Å². The average molecular weight is 314 g/mol. The van der Waals surface area contributed by atoms with E-state index in [2.05, 4.69) is 5.32 Å². The first-order valence-corrected chi connectivity index (χ1v) is 8.42. The third-order valence-corrected chi connectivity index (χ3v) is 5.62. The highest BCUT2D eigenvalue weighted by atomic mass is 32.2. The highest BCUT2D eigenvalue weighted by Crippen LogP contribution is 2.25. The second-order valence-electron chi connectivity index (χ2n) is 5.17. The Morgan fingerprint density at radius 1 is 1.43 bits per heavy atom. The number of rotatable bonds is 5. The largest absolute Gasteiger partial charge is 0.494 e. The lowest BCUT2D eigenvalue weighted by Crippen LogP contribution is -2.44. The molecule has 0 radical (unpaired) electrons. The lowest BCUT2D eigenvalue weighted by Gasteiger charge is -2.26. The van der Waals surface area contributed by atoms with Crippen LogP contribution < -0.4 is 10.1 Å². The molecule has 2 atom stereocenters. The predicted molar refractivity (Wildman–Crippen MR) is 80.0 cm³/mol. The normalized spacial score (nSPS) is 22.7. The van der Waals surface area contributed by atoms with Gasteiger partial charge in [0.15, 0.2) is 0 Å². The maximum absolute atomic E-state index is 12.6. The molecule has 118 valence electrons. The van der Waals surface area contributed by atoms with Crippen LogP contribution in [-0.4, -0.2) is 56.7 Å². The van der Waals surface area contributed by atoms with Crippen molar-refractivity contribution in [3.8, 4) is 5.75 Å². The van der Waals surface area contributed by atoms with Crippen LogP contribution in [0.15, 0.2) is 23.1 Å². The fourth-order valence-electron chi connectivity index (χ4n) is 2.47. The van der Waals surface area contributed by atoms with Crippen LogP contribution in [0.2, 0.25) is 0 Å². The number of hydrogen-bond donors (Lipinski definition) is 2. The number of hydrogen-bond acceptors (Lipinski definition) is 5. The minimum absolute atomic E-state index is 0.213. The highest BCUT2D eigenvalue weighted by Gasteiger charge is 2.35. The van der Waals surface area contributed by atoms with Crippen LogP contribution in [-0.2, 0) is 10.0 Å². The van der Waals surface area contributed by atoms with Crippen molar-refractivity contribution in [3.63, 3.8) is 0 Å². The van der Waals surface area contributed by atoms with Crippen LogP contribution >= 0.6 is 0 Å². The number of sulfonamides is 1. The van der Waals surface area contributed by atoms with Gasteiger partial charge in [-0.05, 0) is 37.6 Å². The van der Waals surface area contributed by atoms with Crippen molar-refractivity contribution in [2.45, 2.75) is 30.9 Å². The van der Waals surface area contributed by atoms with Crippen molar-refractivity contribution in [3.05, 3.63) is 23.8 Å². The van der Waals surface area contributed by atoms with Gasteiger partial charge < -0.3 is 15.2 Å². The number of ether oxygens (including phenoxy) is 1. The van der Waals surface area contributed by atoms with E-state index < -0.39 is 22.2 Å². The van der Waals surface area contributed by atoms with E-state index in [0.717, 1.165) is 5.56 Å². The first-order valence-electron chi connectivity index (χ1n) is 6.98. The number of aliphatic hydroxyl groups excluding tert-OH is 1. The Hall–Kier alpha value is -1.15. The second kappa shape index (κ2) is 6.31. The molecule has 2 N–H and O–H groups in total. The monoisotopic (exact) mass is 314 g/mol. The van der Waals surface area contributed by atoms with Crippen molar-refractivity contribution in [2.75, 3.05) is 26.7 Å². The Kier molecular flexibility index (Phi) is 4.88. The van der Waals surface area contributed by atoms with Crippen molar-refractivity contribution >= 4 is 10.0 Å². The van der Waals surface area contributed by atoms with Crippen LogP contribution in [0.5, 0.6) is 5.75 Å². The summed E-state index contributed by atoms with van der Waals surface area (Å²) >= 11 is 0. The smallest absolute Gasteiger partial charge is 0.243 e. The van der Waals surface area contributed by atoms with E-state index in [1.54, 1.807) is 18.2 Å². The molecule has 0 spiro atoms. The zero-order valence-corrected chi connectivity index (χ0v) is 13.4. The minimum atomic E-state index is -3.63. The molecule has 1 aromatic carbocycles. The van der Waals surface area contributed by atoms with Crippen molar-refractivity contribution in [1.29, 1.82) is 0 Å².